The molecule has 4 rings (SSSR count). The van der Waals surface area contributed by atoms with Crippen LogP contribution in [0.25, 0.3) is 0 Å². The second-order valence-corrected chi connectivity index (χ2v) is 7.48. The van der Waals surface area contributed by atoms with E-state index in [1.165, 1.54) is 11.1 Å². The maximum Gasteiger partial charge on any atom is 0.165 e. The van der Waals surface area contributed by atoms with Gasteiger partial charge in [-0.15, -0.1) is 0 Å². The van der Waals surface area contributed by atoms with Crippen molar-refractivity contribution in [2.45, 2.75) is 56.8 Å². The highest BCUT2D eigenvalue weighted by atomic mass is 16.5. The molecule has 126 valence electrons. The first-order valence-corrected chi connectivity index (χ1v) is 8.79. The van der Waals surface area contributed by atoms with Crippen LogP contribution >= 0.6 is 0 Å². The van der Waals surface area contributed by atoms with Gasteiger partial charge in [0.05, 0.1) is 13.2 Å². The Labute approximate surface area is 138 Å². The van der Waals surface area contributed by atoms with Gasteiger partial charge in [0, 0.05) is 17.0 Å². The normalized spacial score (nSPS) is 36.3. The van der Waals surface area contributed by atoms with Gasteiger partial charge in [-0.1, -0.05) is 19.9 Å². The molecule has 1 unspecified atom stereocenters. The van der Waals surface area contributed by atoms with Crippen molar-refractivity contribution < 1.29 is 14.6 Å². The Kier molecular flexibility index (Phi) is 3.40. The maximum atomic E-state index is 10.7. The zero-order valence-corrected chi connectivity index (χ0v) is 14.5. The highest BCUT2D eigenvalue weighted by Gasteiger charge is 2.62. The van der Waals surface area contributed by atoms with E-state index < -0.39 is 6.10 Å². The lowest BCUT2D eigenvalue weighted by Crippen LogP contribution is -2.63. The van der Waals surface area contributed by atoms with Gasteiger partial charge < -0.3 is 19.5 Å². The van der Waals surface area contributed by atoms with Gasteiger partial charge in [0.2, 0.25) is 0 Å². The van der Waals surface area contributed by atoms with E-state index in [1.807, 2.05) is 13.0 Å². The highest BCUT2D eigenvalue weighted by molar-refractivity contribution is 5.60. The van der Waals surface area contributed by atoms with Crippen molar-refractivity contribution in [1.29, 1.82) is 0 Å². The maximum absolute atomic E-state index is 10.7. The Morgan fingerprint density at radius 2 is 2.26 bits per heavy atom. The van der Waals surface area contributed by atoms with Crippen molar-refractivity contribution in [1.82, 2.24) is 4.90 Å². The second-order valence-electron chi connectivity index (χ2n) is 7.48. The van der Waals surface area contributed by atoms with Gasteiger partial charge in [-0.3, -0.25) is 0 Å². The molecule has 4 nitrogen and oxygen atoms in total. The van der Waals surface area contributed by atoms with Gasteiger partial charge in [0.25, 0.3) is 0 Å². The van der Waals surface area contributed by atoms with Gasteiger partial charge in [0.1, 0.15) is 6.10 Å². The third-order valence-electron chi connectivity index (χ3n) is 6.68. The van der Waals surface area contributed by atoms with Crippen molar-refractivity contribution in [3.63, 3.8) is 0 Å². The van der Waals surface area contributed by atoms with Crippen LogP contribution in [0.1, 0.15) is 37.8 Å². The smallest absolute Gasteiger partial charge is 0.165 e. The van der Waals surface area contributed by atoms with E-state index in [0.29, 0.717) is 18.4 Å². The first-order chi connectivity index (χ1) is 11.0. The standard InChI is InChI=1S/C19H27NO3/c1-5-14(21)18-19-8-9-20(3)13(11(19)2)10-12-6-7-15(22-4)17(23-18)16(12)19/h6-7,11,13-14,18,21H,5,8-10H2,1-4H3/t11?,13-,14+,18+,19+/m1/s1. The highest BCUT2D eigenvalue weighted by Crippen LogP contribution is 2.60. The van der Waals surface area contributed by atoms with E-state index >= 15 is 0 Å². The number of hydrogen-bond acceptors (Lipinski definition) is 4. The minimum absolute atomic E-state index is 0.0793. The Hall–Kier alpha value is -1.26. The molecule has 5 atom stereocenters. The molecule has 0 radical (unpaired) electrons. The van der Waals surface area contributed by atoms with Crippen LogP contribution in [0.4, 0.5) is 0 Å². The fourth-order valence-corrected chi connectivity index (χ4v) is 5.36. The summed E-state index contributed by atoms with van der Waals surface area (Å²) in [6.07, 6.45) is 2.21. The third-order valence-corrected chi connectivity index (χ3v) is 6.68. The molecule has 1 spiro atoms. The fourth-order valence-electron chi connectivity index (χ4n) is 5.36. The van der Waals surface area contributed by atoms with Crippen LogP contribution < -0.4 is 9.47 Å². The molecule has 1 N–H and O–H groups in total. The molecule has 1 saturated heterocycles. The van der Waals surface area contributed by atoms with Crippen molar-refractivity contribution in [3.05, 3.63) is 23.3 Å². The molecule has 23 heavy (non-hydrogen) atoms. The van der Waals surface area contributed by atoms with Crippen LogP contribution in [0, 0.1) is 5.92 Å². The Bertz CT molecular complexity index is 631. The minimum Gasteiger partial charge on any atom is -0.493 e. The average Bonchev–Trinajstić information content (AvgIpc) is 2.90. The molecule has 1 aliphatic carbocycles. The molecule has 1 aromatic rings. The molecule has 2 bridgehead atoms. The number of rotatable bonds is 3. The van der Waals surface area contributed by atoms with E-state index in [0.717, 1.165) is 30.9 Å². The van der Waals surface area contributed by atoms with E-state index in [9.17, 15) is 5.11 Å². The van der Waals surface area contributed by atoms with Crippen molar-refractivity contribution in [3.8, 4) is 11.5 Å². The van der Waals surface area contributed by atoms with E-state index in [-0.39, 0.29) is 11.5 Å². The molecular weight excluding hydrogens is 290 g/mol. The quantitative estimate of drug-likeness (QED) is 0.929. The van der Waals surface area contributed by atoms with Crippen LogP contribution in [0.5, 0.6) is 11.5 Å². The number of benzene rings is 1. The largest absolute Gasteiger partial charge is 0.493 e. The monoisotopic (exact) mass is 317 g/mol. The lowest BCUT2D eigenvalue weighted by atomic mass is 9.55. The molecule has 2 heterocycles. The number of hydrogen-bond donors (Lipinski definition) is 1. The van der Waals surface area contributed by atoms with E-state index in [2.05, 4.69) is 24.9 Å². The Balaban J connectivity index is 1.95. The van der Waals surface area contributed by atoms with Gasteiger partial charge in [-0.05, 0) is 50.4 Å². The van der Waals surface area contributed by atoms with Gasteiger partial charge >= 0.3 is 0 Å². The summed E-state index contributed by atoms with van der Waals surface area (Å²) < 4.78 is 12.0. The number of likely N-dealkylation sites (N-methyl/N-ethyl adjacent to an activating group) is 1. The number of aliphatic hydroxyl groups is 1. The van der Waals surface area contributed by atoms with Crippen LogP contribution in [-0.2, 0) is 11.8 Å². The second kappa shape index (κ2) is 5.12. The average molecular weight is 317 g/mol. The van der Waals surface area contributed by atoms with Crippen LogP contribution in [0.3, 0.4) is 0 Å². The summed E-state index contributed by atoms with van der Waals surface area (Å²) >= 11 is 0. The first kappa shape index (κ1) is 15.3. The van der Waals surface area contributed by atoms with Crippen LogP contribution in [0.15, 0.2) is 12.1 Å². The zero-order chi connectivity index (χ0) is 16.4. The summed E-state index contributed by atoms with van der Waals surface area (Å²) in [7, 11) is 3.92. The molecule has 4 heteroatoms. The molecule has 0 amide bonds. The number of nitrogens with zero attached hydrogens (tertiary/aromatic N) is 1. The molecule has 0 aromatic heterocycles. The first-order valence-electron chi connectivity index (χ1n) is 8.79. The number of fused-ring (bicyclic) bond motifs is 1. The predicted octanol–water partition coefficient (Wildman–Crippen LogP) is 2.36. The van der Waals surface area contributed by atoms with Gasteiger partial charge in [-0.2, -0.15) is 0 Å². The Morgan fingerprint density at radius 1 is 1.48 bits per heavy atom. The molecule has 1 fully saturated rings. The summed E-state index contributed by atoms with van der Waals surface area (Å²) in [5.41, 5.74) is 2.62. The minimum atomic E-state index is -0.440. The lowest BCUT2D eigenvalue weighted by Gasteiger charge is -2.55. The fraction of sp³-hybridized carbons (Fsp3) is 0.684. The van der Waals surface area contributed by atoms with Crippen LogP contribution in [0.2, 0.25) is 0 Å². The van der Waals surface area contributed by atoms with Crippen LogP contribution in [-0.4, -0.2) is 49.0 Å². The van der Waals surface area contributed by atoms with E-state index in [1.54, 1.807) is 7.11 Å². The van der Waals surface area contributed by atoms with Gasteiger partial charge in [0.15, 0.2) is 11.5 Å². The lowest BCUT2D eigenvalue weighted by molar-refractivity contribution is -0.0592. The molecule has 2 aliphatic heterocycles. The SMILES string of the molecule is CC[C@H](O)[C@@H]1Oc2c(OC)ccc3c2[C@@]12CCN(C)[C@H](C3)C2C. The molecule has 1 aromatic carbocycles. The summed E-state index contributed by atoms with van der Waals surface area (Å²) in [6.45, 7) is 5.43. The summed E-state index contributed by atoms with van der Waals surface area (Å²) in [5, 5.41) is 10.7. The Morgan fingerprint density at radius 3 is 2.96 bits per heavy atom. The molecule has 3 aliphatic rings. The summed E-state index contributed by atoms with van der Waals surface area (Å²) in [6, 6.07) is 4.74. The number of ether oxygens (including phenoxy) is 2. The number of likely N-dealkylation sites (tertiary alicyclic amines) is 1. The summed E-state index contributed by atoms with van der Waals surface area (Å²) in [4.78, 5) is 2.48. The van der Waals surface area contributed by atoms with Gasteiger partial charge in [-0.25, -0.2) is 0 Å². The number of piperidine rings is 1. The zero-order valence-electron chi connectivity index (χ0n) is 14.5. The molecule has 0 saturated carbocycles. The third kappa shape index (κ3) is 1.79. The topological polar surface area (TPSA) is 41.9 Å². The summed E-state index contributed by atoms with van der Waals surface area (Å²) in [5.74, 6) is 2.16. The number of aliphatic hydroxyl groups excluding tert-OH is 1. The van der Waals surface area contributed by atoms with Crippen molar-refractivity contribution in [2.24, 2.45) is 5.92 Å². The number of methoxy groups -OCH3 is 1. The van der Waals surface area contributed by atoms with Crippen molar-refractivity contribution >= 4 is 0 Å². The van der Waals surface area contributed by atoms with Crippen molar-refractivity contribution in [2.75, 3.05) is 20.7 Å². The molecular formula is C19H27NO3. The van der Waals surface area contributed by atoms with E-state index in [4.69, 9.17) is 9.47 Å². The predicted molar refractivity (Wildman–Crippen MR) is 89.3 cm³/mol.